The Bertz CT molecular complexity index is 764. The van der Waals surface area contributed by atoms with Crippen LogP contribution in [-0.4, -0.2) is 34.3 Å². The number of aromatic amines is 1. The summed E-state index contributed by atoms with van der Waals surface area (Å²) in [5.74, 6) is -0.360. The van der Waals surface area contributed by atoms with E-state index in [0.717, 1.165) is 0 Å². The van der Waals surface area contributed by atoms with Crippen molar-refractivity contribution in [2.45, 2.75) is 51.5 Å². The van der Waals surface area contributed by atoms with Gasteiger partial charge >= 0.3 is 11.7 Å². The van der Waals surface area contributed by atoms with Gasteiger partial charge < -0.3 is 9.47 Å². The Hall–Kier alpha value is -2.58. The summed E-state index contributed by atoms with van der Waals surface area (Å²) < 4.78 is 12.1. The summed E-state index contributed by atoms with van der Waals surface area (Å²) in [7, 11) is 0. The molecule has 1 aliphatic heterocycles. The van der Waals surface area contributed by atoms with Crippen molar-refractivity contribution >= 4 is 5.97 Å². The number of nitrogens with one attached hydrogen (secondary N) is 1. The van der Waals surface area contributed by atoms with Crippen LogP contribution in [0, 0.1) is 6.92 Å². The topological polar surface area (TPSA) is 139 Å². The van der Waals surface area contributed by atoms with Gasteiger partial charge in [-0.15, -0.1) is 0 Å². The third-order valence-corrected chi connectivity index (χ3v) is 3.72. The molecule has 2 heterocycles. The van der Waals surface area contributed by atoms with Gasteiger partial charge in [0.25, 0.3) is 5.56 Å². The van der Waals surface area contributed by atoms with Gasteiger partial charge in [-0.2, -0.15) is 0 Å². The maximum Gasteiger partial charge on any atom is 0.330 e. The van der Waals surface area contributed by atoms with Crippen LogP contribution in [0.5, 0.6) is 0 Å². The van der Waals surface area contributed by atoms with Crippen molar-refractivity contribution < 1.29 is 14.3 Å². The van der Waals surface area contributed by atoms with Crippen molar-refractivity contribution in [3.8, 4) is 0 Å². The van der Waals surface area contributed by atoms with Gasteiger partial charge in [0.15, 0.2) is 0 Å². The minimum absolute atomic E-state index is 0.0594. The first kappa shape index (κ1) is 17.8. The fraction of sp³-hybridized carbons (Fsp3) is 0.643. The molecule has 0 aliphatic carbocycles. The minimum Gasteiger partial charge on any atom is -0.463 e. The van der Waals surface area contributed by atoms with Crippen molar-refractivity contribution in [3.63, 3.8) is 0 Å². The molecule has 0 saturated carbocycles. The highest BCUT2D eigenvalue weighted by Crippen LogP contribution is 2.30. The fourth-order valence-electron chi connectivity index (χ4n) is 2.48. The van der Waals surface area contributed by atoms with Crippen molar-refractivity contribution in [2.24, 2.45) is 5.11 Å². The number of carbonyl (C=O) groups excluding carboxylic acids is 1. The Morgan fingerprint density at radius 3 is 3.00 bits per heavy atom. The zero-order valence-electron chi connectivity index (χ0n) is 13.5. The summed E-state index contributed by atoms with van der Waals surface area (Å²) in [4.78, 5) is 39.8. The zero-order valence-corrected chi connectivity index (χ0v) is 13.5. The molecule has 2 rings (SSSR count). The molecule has 0 amide bonds. The molecule has 0 aromatic carbocycles. The number of azide groups is 1. The second kappa shape index (κ2) is 7.80. The Morgan fingerprint density at radius 1 is 1.58 bits per heavy atom. The van der Waals surface area contributed by atoms with E-state index >= 15 is 0 Å². The van der Waals surface area contributed by atoms with Crippen LogP contribution < -0.4 is 11.2 Å². The van der Waals surface area contributed by atoms with Gasteiger partial charge in [0.1, 0.15) is 18.9 Å². The molecular weight excluding hydrogens is 318 g/mol. The van der Waals surface area contributed by atoms with Crippen molar-refractivity contribution in [1.29, 1.82) is 0 Å². The smallest absolute Gasteiger partial charge is 0.330 e. The van der Waals surface area contributed by atoms with Gasteiger partial charge in [0.05, 0.1) is 6.04 Å². The number of rotatable bonds is 6. The Kier molecular flexibility index (Phi) is 5.78. The Morgan fingerprint density at radius 2 is 2.33 bits per heavy atom. The normalized spacial score (nSPS) is 22.8. The summed E-state index contributed by atoms with van der Waals surface area (Å²) in [5, 5.41) is 3.65. The Labute approximate surface area is 137 Å². The predicted octanol–water partition coefficient (Wildman–Crippen LogP) is 1.15. The van der Waals surface area contributed by atoms with Gasteiger partial charge in [-0.3, -0.25) is 19.1 Å². The Balaban J connectivity index is 2.16. The molecule has 0 bridgehead atoms. The van der Waals surface area contributed by atoms with Gasteiger partial charge in [0.2, 0.25) is 0 Å². The number of ether oxygens (including phenoxy) is 2. The average molecular weight is 337 g/mol. The number of carbonyl (C=O) groups is 1. The van der Waals surface area contributed by atoms with Crippen molar-refractivity contribution in [3.05, 3.63) is 43.0 Å². The lowest BCUT2D eigenvalue weighted by atomic mass is 10.1. The summed E-state index contributed by atoms with van der Waals surface area (Å²) in [5.41, 5.74) is 7.96. The first-order valence-electron chi connectivity index (χ1n) is 7.63. The highest BCUT2D eigenvalue weighted by Gasteiger charge is 2.37. The number of esters is 1. The van der Waals surface area contributed by atoms with Crippen LogP contribution in [0.4, 0.5) is 0 Å². The lowest BCUT2D eigenvalue weighted by molar-refractivity contribution is -0.148. The zero-order chi connectivity index (χ0) is 17.7. The van der Waals surface area contributed by atoms with E-state index in [4.69, 9.17) is 15.0 Å². The second-order valence-corrected chi connectivity index (χ2v) is 5.55. The van der Waals surface area contributed by atoms with Crippen LogP contribution >= 0.6 is 0 Å². The monoisotopic (exact) mass is 337 g/mol. The third-order valence-electron chi connectivity index (χ3n) is 3.72. The second-order valence-electron chi connectivity index (χ2n) is 5.55. The predicted molar refractivity (Wildman–Crippen MR) is 83.4 cm³/mol. The molecule has 1 aromatic rings. The highest BCUT2D eigenvalue weighted by atomic mass is 16.6. The van der Waals surface area contributed by atoms with Gasteiger partial charge in [-0.05, 0) is 18.9 Å². The fourth-order valence-corrected chi connectivity index (χ4v) is 2.48. The van der Waals surface area contributed by atoms with E-state index in [1.54, 1.807) is 6.92 Å². The van der Waals surface area contributed by atoms with E-state index in [2.05, 4.69) is 15.0 Å². The summed E-state index contributed by atoms with van der Waals surface area (Å²) >= 11 is 0. The van der Waals surface area contributed by atoms with Crippen molar-refractivity contribution in [2.75, 3.05) is 6.61 Å². The summed E-state index contributed by atoms with van der Waals surface area (Å²) in [6.45, 7) is 3.37. The van der Waals surface area contributed by atoms with Crippen LogP contribution in [0.15, 0.2) is 20.9 Å². The van der Waals surface area contributed by atoms with Crippen LogP contribution in [-0.2, 0) is 14.3 Å². The molecule has 1 N–H and O–H groups in total. The average Bonchev–Trinajstić information content (AvgIpc) is 2.92. The van der Waals surface area contributed by atoms with E-state index in [1.165, 1.54) is 10.8 Å². The number of aryl methyl sites for hydroxylation is 1. The molecule has 0 radical (unpaired) electrons. The summed E-state index contributed by atoms with van der Waals surface area (Å²) in [6, 6.07) is -0.575. The van der Waals surface area contributed by atoms with Crippen molar-refractivity contribution in [1.82, 2.24) is 9.55 Å². The molecule has 10 nitrogen and oxygen atoms in total. The van der Waals surface area contributed by atoms with E-state index in [-0.39, 0.29) is 19.0 Å². The number of hydrogen-bond donors (Lipinski definition) is 1. The maximum absolute atomic E-state index is 11.9. The quantitative estimate of drug-likeness (QED) is 0.359. The highest BCUT2D eigenvalue weighted by molar-refractivity contribution is 5.69. The lowest BCUT2D eigenvalue weighted by Crippen LogP contribution is -2.33. The maximum atomic E-state index is 11.9. The molecule has 24 heavy (non-hydrogen) atoms. The SMILES string of the molecule is CCCC(=O)OC[C@H]1O[C@@H](n2cc(C)c(=O)[nH]c2=O)CC1N=[N+]=[N-]. The first-order chi connectivity index (χ1) is 11.5. The molecule has 10 heteroatoms. The number of hydrogen-bond acceptors (Lipinski definition) is 6. The van der Waals surface area contributed by atoms with E-state index in [9.17, 15) is 14.4 Å². The molecule has 1 aliphatic rings. The summed E-state index contributed by atoms with van der Waals surface area (Å²) in [6.07, 6.45) is 1.24. The standard InChI is InChI=1S/C14H19N5O5/c1-3-4-12(20)23-7-10-9(17-18-15)5-11(24-10)19-6-8(2)13(21)16-14(19)22/h6,9-11H,3-5,7H2,1-2H3,(H,16,21,22)/t9?,10-,11-/m1/s1. The molecular formula is C14H19N5O5. The first-order valence-corrected chi connectivity index (χ1v) is 7.63. The number of H-pyrrole nitrogens is 1. The van der Waals surface area contributed by atoms with Crippen LogP contribution in [0.1, 0.15) is 38.0 Å². The molecule has 1 aromatic heterocycles. The molecule has 130 valence electrons. The molecule has 1 unspecified atom stereocenters. The van der Waals surface area contributed by atoms with E-state index in [0.29, 0.717) is 18.4 Å². The lowest BCUT2D eigenvalue weighted by Gasteiger charge is -2.16. The van der Waals surface area contributed by atoms with E-state index in [1.807, 2.05) is 6.92 Å². The third kappa shape index (κ3) is 4.03. The van der Waals surface area contributed by atoms with E-state index < -0.39 is 29.6 Å². The molecule has 1 fully saturated rings. The van der Waals surface area contributed by atoms with Crippen LogP contribution in [0.2, 0.25) is 0 Å². The number of nitrogens with zero attached hydrogens (tertiary/aromatic N) is 4. The van der Waals surface area contributed by atoms with Gasteiger partial charge in [-0.1, -0.05) is 12.0 Å². The molecule has 1 saturated heterocycles. The number of aromatic nitrogens is 2. The van der Waals surface area contributed by atoms with Gasteiger partial charge in [0, 0.05) is 29.5 Å². The molecule has 0 spiro atoms. The molecule has 3 atom stereocenters. The van der Waals surface area contributed by atoms with Gasteiger partial charge in [-0.25, -0.2) is 4.79 Å². The van der Waals surface area contributed by atoms with Crippen LogP contribution in [0.3, 0.4) is 0 Å². The minimum atomic E-state index is -0.710. The van der Waals surface area contributed by atoms with Crippen LogP contribution in [0.25, 0.3) is 10.4 Å². The largest absolute Gasteiger partial charge is 0.463 e.